The van der Waals surface area contributed by atoms with Gasteiger partial charge in [0, 0.05) is 42.2 Å². The Kier molecular flexibility index (Phi) is 3.58. The maximum atomic E-state index is 4.29. The molecule has 3 heteroatoms. The number of thiol groups is 1. The van der Waals surface area contributed by atoms with E-state index in [0.29, 0.717) is 0 Å². The van der Waals surface area contributed by atoms with Crippen LogP contribution in [0.1, 0.15) is 23.7 Å². The minimum atomic E-state index is 0.735. The predicted octanol–water partition coefficient (Wildman–Crippen LogP) is 2.72. The highest BCUT2D eigenvalue weighted by atomic mass is 32.1. The molecule has 0 aliphatic rings. The monoisotopic (exact) mass is 208 g/mol. The number of nitrogens with zero attached hydrogens (tertiary/aromatic N) is 2. The second kappa shape index (κ2) is 4.51. The lowest BCUT2D eigenvalue weighted by molar-refractivity contribution is 0.879. The quantitative estimate of drug-likeness (QED) is 0.581. The highest BCUT2D eigenvalue weighted by Gasteiger charge is 2.06. The Morgan fingerprint density at radius 1 is 1.71 bits per heavy atom. The van der Waals surface area contributed by atoms with Crippen molar-refractivity contribution in [1.82, 2.24) is 4.57 Å². The van der Waals surface area contributed by atoms with Gasteiger partial charge in [0.2, 0.25) is 0 Å². The van der Waals surface area contributed by atoms with Crippen LogP contribution in [0.3, 0.4) is 0 Å². The van der Waals surface area contributed by atoms with E-state index in [0.717, 1.165) is 17.0 Å². The Hall–Kier alpha value is -0.960. The van der Waals surface area contributed by atoms with Crippen LogP contribution in [-0.4, -0.2) is 10.8 Å². The van der Waals surface area contributed by atoms with Crippen LogP contribution < -0.4 is 0 Å². The molecule has 0 fully saturated rings. The average Bonchev–Trinajstić information content (AvgIpc) is 2.40. The molecule has 2 nitrogen and oxygen atoms in total. The summed E-state index contributed by atoms with van der Waals surface area (Å²) in [6.07, 6.45) is 3.95. The van der Waals surface area contributed by atoms with E-state index < -0.39 is 0 Å². The molecule has 0 saturated carbocycles. The summed E-state index contributed by atoms with van der Waals surface area (Å²) in [5.74, 6) is 0.735. The van der Waals surface area contributed by atoms with Gasteiger partial charge in [0.1, 0.15) is 0 Å². The topological polar surface area (TPSA) is 17.3 Å². The lowest BCUT2D eigenvalue weighted by atomic mass is 10.2. The van der Waals surface area contributed by atoms with Crippen molar-refractivity contribution in [1.29, 1.82) is 0 Å². The molecule has 1 aromatic rings. The lowest BCUT2D eigenvalue weighted by Crippen LogP contribution is -1.91. The Balaban J connectivity index is 3.11. The molecule has 1 heterocycles. The standard InChI is InChI=1S/C11H16N2S/c1-8(2)12-5-11-9(3)13(4)6-10(11)7-14/h5-6,14H,1,7H2,2-4H3. The SMILES string of the molecule is C=C(C)N=Cc1c(CS)cn(C)c1C. The molecule has 0 spiro atoms. The van der Waals surface area contributed by atoms with Gasteiger partial charge in [-0.05, 0) is 19.4 Å². The third-order valence-electron chi connectivity index (χ3n) is 2.20. The van der Waals surface area contributed by atoms with E-state index in [1.54, 1.807) is 0 Å². The van der Waals surface area contributed by atoms with Crippen LogP contribution in [-0.2, 0) is 12.8 Å². The van der Waals surface area contributed by atoms with Crippen LogP contribution >= 0.6 is 12.6 Å². The van der Waals surface area contributed by atoms with Crippen LogP contribution in [0.4, 0.5) is 0 Å². The number of aromatic nitrogens is 1. The lowest BCUT2D eigenvalue weighted by Gasteiger charge is -1.97. The predicted molar refractivity (Wildman–Crippen MR) is 65.2 cm³/mol. The number of hydrogen-bond donors (Lipinski definition) is 1. The van der Waals surface area contributed by atoms with E-state index in [2.05, 4.69) is 41.9 Å². The van der Waals surface area contributed by atoms with E-state index >= 15 is 0 Å². The first-order valence-electron chi connectivity index (χ1n) is 4.51. The summed E-state index contributed by atoms with van der Waals surface area (Å²) >= 11 is 4.29. The second-order valence-corrected chi connectivity index (χ2v) is 3.73. The zero-order valence-electron chi connectivity index (χ0n) is 8.91. The highest BCUT2D eigenvalue weighted by molar-refractivity contribution is 7.79. The fraction of sp³-hybridized carbons (Fsp3) is 0.364. The molecule has 14 heavy (non-hydrogen) atoms. The molecule has 0 bridgehead atoms. The summed E-state index contributed by atoms with van der Waals surface area (Å²) < 4.78 is 2.09. The van der Waals surface area contributed by atoms with E-state index in [1.807, 2.05) is 20.2 Å². The van der Waals surface area contributed by atoms with Gasteiger partial charge in [-0.3, -0.25) is 4.99 Å². The number of aryl methyl sites for hydroxylation is 1. The van der Waals surface area contributed by atoms with E-state index in [1.165, 1.54) is 11.3 Å². The van der Waals surface area contributed by atoms with Gasteiger partial charge in [0.15, 0.2) is 0 Å². The van der Waals surface area contributed by atoms with E-state index in [9.17, 15) is 0 Å². The normalized spacial score (nSPS) is 11.1. The van der Waals surface area contributed by atoms with Gasteiger partial charge in [-0.25, -0.2) is 0 Å². The summed E-state index contributed by atoms with van der Waals surface area (Å²) in [7, 11) is 2.03. The van der Waals surface area contributed by atoms with E-state index in [-0.39, 0.29) is 0 Å². The first kappa shape index (κ1) is 11.1. The van der Waals surface area contributed by atoms with Crippen molar-refractivity contribution in [2.45, 2.75) is 19.6 Å². The zero-order chi connectivity index (χ0) is 10.7. The van der Waals surface area contributed by atoms with Crippen LogP contribution in [0.15, 0.2) is 23.5 Å². The van der Waals surface area contributed by atoms with Gasteiger partial charge >= 0.3 is 0 Å². The fourth-order valence-electron chi connectivity index (χ4n) is 1.30. The van der Waals surface area contributed by atoms with Gasteiger partial charge in [-0.15, -0.1) is 0 Å². The number of rotatable bonds is 3. The molecule has 0 aliphatic heterocycles. The van der Waals surface area contributed by atoms with Crippen molar-refractivity contribution in [2.75, 3.05) is 0 Å². The minimum absolute atomic E-state index is 0.735. The molecule has 1 rings (SSSR count). The maximum Gasteiger partial charge on any atom is 0.0364 e. The number of hydrogen-bond acceptors (Lipinski definition) is 2. The molecule has 0 aliphatic carbocycles. The Morgan fingerprint density at radius 3 is 2.86 bits per heavy atom. The molecule has 0 aromatic carbocycles. The second-order valence-electron chi connectivity index (χ2n) is 3.42. The summed E-state index contributed by atoms with van der Waals surface area (Å²) in [6, 6.07) is 0. The summed E-state index contributed by atoms with van der Waals surface area (Å²) in [4.78, 5) is 4.21. The molecule has 0 atom stereocenters. The molecular weight excluding hydrogens is 192 g/mol. The van der Waals surface area contributed by atoms with Crippen molar-refractivity contribution < 1.29 is 0 Å². The smallest absolute Gasteiger partial charge is 0.0364 e. The molecule has 0 amide bonds. The summed E-state index contributed by atoms with van der Waals surface area (Å²) in [6.45, 7) is 7.70. The van der Waals surface area contributed by atoms with E-state index in [4.69, 9.17) is 0 Å². The van der Waals surface area contributed by atoms with Gasteiger partial charge in [-0.2, -0.15) is 12.6 Å². The Morgan fingerprint density at radius 2 is 2.36 bits per heavy atom. The summed E-state index contributed by atoms with van der Waals surface area (Å²) in [5, 5.41) is 0. The van der Waals surface area contributed by atoms with Crippen molar-refractivity contribution in [3.05, 3.63) is 35.3 Å². The summed E-state index contributed by atoms with van der Waals surface area (Å²) in [5.41, 5.74) is 4.39. The first-order chi connectivity index (χ1) is 6.56. The Bertz CT molecular complexity index is 375. The van der Waals surface area contributed by atoms with Crippen LogP contribution in [0.2, 0.25) is 0 Å². The molecule has 0 unspecified atom stereocenters. The molecule has 0 saturated heterocycles. The zero-order valence-corrected chi connectivity index (χ0v) is 9.80. The fourth-order valence-corrected chi connectivity index (χ4v) is 1.55. The number of allylic oxidation sites excluding steroid dienone is 1. The third-order valence-corrected chi connectivity index (χ3v) is 2.54. The van der Waals surface area contributed by atoms with Crippen molar-refractivity contribution in [2.24, 2.45) is 12.0 Å². The molecule has 76 valence electrons. The van der Waals surface area contributed by atoms with Crippen LogP contribution in [0.25, 0.3) is 0 Å². The largest absolute Gasteiger partial charge is 0.354 e. The Labute approximate surface area is 90.8 Å². The van der Waals surface area contributed by atoms with Crippen LogP contribution in [0, 0.1) is 6.92 Å². The first-order valence-corrected chi connectivity index (χ1v) is 5.14. The number of aliphatic imine (C=N–C) groups is 1. The van der Waals surface area contributed by atoms with Gasteiger partial charge < -0.3 is 4.57 Å². The van der Waals surface area contributed by atoms with Gasteiger partial charge in [0.05, 0.1) is 0 Å². The van der Waals surface area contributed by atoms with Crippen molar-refractivity contribution in [3.8, 4) is 0 Å². The molecular formula is C11H16N2S. The molecule has 0 radical (unpaired) electrons. The van der Waals surface area contributed by atoms with Gasteiger partial charge in [0.25, 0.3) is 0 Å². The highest BCUT2D eigenvalue weighted by Crippen LogP contribution is 2.16. The maximum absolute atomic E-state index is 4.29. The minimum Gasteiger partial charge on any atom is -0.354 e. The molecule has 1 aromatic heterocycles. The van der Waals surface area contributed by atoms with Crippen molar-refractivity contribution >= 4 is 18.8 Å². The van der Waals surface area contributed by atoms with Crippen LogP contribution in [0.5, 0.6) is 0 Å². The van der Waals surface area contributed by atoms with Crippen molar-refractivity contribution in [3.63, 3.8) is 0 Å². The third kappa shape index (κ3) is 2.29. The van der Waals surface area contributed by atoms with Gasteiger partial charge in [-0.1, -0.05) is 6.58 Å². The average molecular weight is 208 g/mol. The molecule has 0 N–H and O–H groups in total.